The molecule has 114 valence electrons. The SMILES string of the molecule is O=C(c1ccc(F)c(F)c1F)N1CCN(CC2CC2)CC1. The highest BCUT2D eigenvalue weighted by Crippen LogP contribution is 2.30. The summed E-state index contributed by atoms with van der Waals surface area (Å²) in [6.07, 6.45) is 2.55. The number of piperazine rings is 1. The second-order valence-electron chi connectivity index (χ2n) is 5.76. The highest BCUT2D eigenvalue weighted by Gasteiger charge is 2.29. The lowest BCUT2D eigenvalue weighted by Gasteiger charge is -2.34. The Hall–Kier alpha value is -1.56. The van der Waals surface area contributed by atoms with Crippen LogP contribution in [0.4, 0.5) is 13.2 Å². The number of halogens is 3. The topological polar surface area (TPSA) is 23.6 Å². The van der Waals surface area contributed by atoms with E-state index in [9.17, 15) is 18.0 Å². The summed E-state index contributed by atoms with van der Waals surface area (Å²) in [4.78, 5) is 16.0. The minimum Gasteiger partial charge on any atom is -0.336 e. The standard InChI is InChI=1S/C15H17F3N2O/c16-12-4-3-11(13(17)14(12)18)15(21)20-7-5-19(6-8-20)9-10-1-2-10/h3-4,10H,1-2,5-9H2. The number of amides is 1. The normalized spacial score (nSPS) is 19.9. The number of nitrogens with zero attached hydrogens (tertiary/aromatic N) is 2. The van der Waals surface area contributed by atoms with Crippen LogP contribution in [0.15, 0.2) is 12.1 Å². The van der Waals surface area contributed by atoms with Crippen LogP contribution in [0.3, 0.4) is 0 Å². The maximum atomic E-state index is 13.7. The Bertz CT molecular complexity index is 552. The first-order valence-electron chi connectivity index (χ1n) is 7.21. The maximum absolute atomic E-state index is 13.7. The molecule has 0 N–H and O–H groups in total. The van der Waals surface area contributed by atoms with Crippen molar-refractivity contribution in [1.29, 1.82) is 0 Å². The summed E-state index contributed by atoms with van der Waals surface area (Å²) in [6.45, 7) is 3.52. The Kier molecular flexibility index (Phi) is 3.89. The summed E-state index contributed by atoms with van der Waals surface area (Å²) in [5.41, 5.74) is -0.399. The molecule has 2 fully saturated rings. The summed E-state index contributed by atoms with van der Waals surface area (Å²) < 4.78 is 39.8. The van der Waals surface area contributed by atoms with Gasteiger partial charge < -0.3 is 4.90 Å². The Morgan fingerprint density at radius 3 is 2.33 bits per heavy atom. The largest absolute Gasteiger partial charge is 0.336 e. The molecule has 1 aromatic carbocycles. The van der Waals surface area contributed by atoms with Gasteiger partial charge in [0.05, 0.1) is 5.56 Å². The zero-order chi connectivity index (χ0) is 15.0. The van der Waals surface area contributed by atoms with Gasteiger partial charge in [-0.1, -0.05) is 0 Å². The highest BCUT2D eigenvalue weighted by molar-refractivity contribution is 5.94. The van der Waals surface area contributed by atoms with Crippen molar-refractivity contribution in [2.45, 2.75) is 12.8 Å². The van der Waals surface area contributed by atoms with Gasteiger partial charge in [0.25, 0.3) is 5.91 Å². The molecule has 1 aliphatic heterocycles. The predicted molar refractivity (Wildman–Crippen MR) is 71.4 cm³/mol. The van der Waals surface area contributed by atoms with Gasteiger partial charge in [-0.3, -0.25) is 9.69 Å². The van der Waals surface area contributed by atoms with Crippen molar-refractivity contribution < 1.29 is 18.0 Å². The molecule has 0 aromatic heterocycles. The fraction of sp³-hybridized carbons (Fsp3) is 0.533. The Labute approximate surface area is 121 Å². The van der Waals surface area contributed by atoms with Crippen molar-refractivity contribution in [3.8, 4) is 0 Å². The zero-order valence-electron chi connectivity index (χ0n) is 11.6. The van der Waals surface area contributed by atoms with Crippen molar-refractivity contribution in [3.05, 3.63) is 35.1 Å². The molecule has 0 bridgehead atoms. The van der Waals surface area contributed by atoms with Crippen LogP contribution in [0.5, 0.6) is 0 Å². The molecule has 0 spiro atoms. The van der Waals surface area contributed by atoms with Crippen LogP contribution in [0.2, 0.25) is 0 Å². The van der Waals surface area contributed by atoms with Gasteiger partial charge in [-0.15, -0.1) is 0 Å². The fourth-order valence-electron chi connectivity index (χ4n) is 2.66. The molecule has 1 heterocycles. The zero-order valence-corrected chi connectivity index (χ0v) is 11.6. The van der Waals surface area contributed by atoms with Crippen LogP contribution in [0.25, 0.3) is 0 Å². The highest BCUT2D eigenvalue weighted by atomic mass is 19.2. The Morgan fingerprint density at radius 1 is 1.05 bits per heavy atom. The number of rotatable bonds is 3. The van der Waals surface area contributed by atoms with E-state index in [2.05, 4.69) is 4.90 Å². The average molecular weight is 298 g/mol. The van der Waals surface area contributed by atoms with Crippen molar-refractivity contribution in [2.75, 3.05) is 32.7 Å². The monoisotopic (exact) mass is 298 g/mol. The van der Waals surface area contributed by atoms with Gasteiger partial charge >= 0.3 is 0 Å². The summed E-state index contributed by atoms with van der Waals surface area (Å²) >= 11 is 0. The van der Waals surface area contributed by atoms with Crippen LogP contribution in [-0.4, -0.2) is 48.4 Å². The number of hydrogen-bond acceptors (Lipinski definition) is 2. The van der Waals surface area contributed by atoms with Gasteiger partial charge in [0.15, 0.2) is 17.5 Å². The average Bonchev–Trinajstić information content (AvgIpc) is 3.29. The second kappa shape index (κ2) is 5.67. The van der Waals surface area contributed by atoms with Crippen LogP contribution < -0.4 is 0 Å². The molecule has 6 heteroatoms. The summed E-state index contributed by atoms with van der Waals surface area (Å²) in [6, 6.07) is 1.79. The van der Waals surface area contributed by atoms with E-state index in [1.54, 1.807) is 0 Å². The van der Waals surface area contributed by atoms with Gasteiger partial charge in [0.2, 0.25) is 0 Å². The van der Waals surface area contributed by atoms with E-state index < -0.39 is 28.9 Å². The molecule has 3 nitrogen and oxygen atoms in total. The van der Waals surface area contributed by atoms with Crippen LogP contribution in [0.1, 0.15) is 23.2 Å². The molecule has 1 saturated carbocycles. The molecule has 21 heavy (non-hydrogen) atoms. The van der Waals surface area contributed by atoms with E-state index in [0.717, 1.165) is 37.7 Å². The quantitative estimate of drug-likeness (QED) is 0.799. The van der Waals surface area contributed by atoms with Crippen molar-refractivity contribution in [3.63, 3.8) is 0 Å². The third-order valence-corrected chi connectivity index (χ3v) is 4.14. The van der Waals surface area contributed by atoms with Crippen LogP contribution in [-0.2, 0) is 0 Å². The molecule has 0 unspecified atom stereocenters. The minimum atomic E-state index is -1.59. The first-order valence-corrected chi connectivity index (χ1v) is 7.21. The van der Waals surface area contributed by atoms with E-state index in [1.165, 1.54) is 17.7 Å². The van der Waals surface area contributed by atoms with E-state index in [4.69, 9.17) is 0 Å². The number of hydrogen-bond donors (Lipinski definition) is 0. The molecule has 1 aromatic rings. The summed E-state index contributed by atoms with van der Waals surface area (Å²) in [5.74, 6) is -4.06. The molecular formula is C15H17F3N2O. The minimum absolute atomic E-state index is 0.399. The van der Waals surface area contributed by atoms with Crippen LogP contribution in [0, 0.1) is 23.4 Å². The van der Waals surface area contributed by atoms with Gasteiger partial charge in [-0.05, 0) is 30.9 Å². The van der Waals surface area contributed by atoms with E-state index >= 15 is 0 Å². The molecule has 0 atom stereocenters. The first kappa shape index (κ1) is 14.4. The van der Waals surface area contributed by atoms with Gasteiger partial charge in [0, 0.05) is 32.7 Å². The maximum Gasteiger partial charge on any atom is 0.257 e. The van der Waals surface area contributed by atoms with Crippen molar-refractivity contribution in [2.24, 2.45) is 5.92 Å². The number of carbonyl (C=O) groups excluding carboxylic acids is 1. The molecule has 1 saturated heterocycles. The van der Waals surface area contributed by atoms with Gasteiger partial charge in [-0.2, -0.15) is 0 Å². The van der Waals surface area contributed by atoms with Gasteiger partial charge in [-0.25, -0.2) is 13.2 Å². The molecule has 1 amide bonds. The molecule has 0 radical (unpaired) electrons. The molecule has 3 rings (SSSR count). The second-order valence-corrected chi connectivity index (χ2v) is 5.76. The lowest BCUT2D eigenvalue weighted by atomic mass is 10.1. The van der Waals surface area contributed by atoms with E-state index in [0.29, 0.717) is 13.1 Å². The lowest BCUT2D eigenvalue weighted by molar-refractivity contribution is 0.0626. The van der Waals surface area contributed by atoms with Gasteiger partial charge in [0.1, 0.15) is 0 Å². The Balaban J connectivity index is 1.64. The molecule has 1 aliphatic carbocycles. The van der Waals surface area contributed by atoms with E-state index in [-0.39, 0.29) is 0 Å². The first-order chi connectivity index (χ1) is 10.1. The van der Waals surface area contributed by atoms with E-state index in [1.807, 2.05) is 0 Å². The lowest BCUT2D eigenvalue weighted by Crippen LogP contribution is -2.49. The molecular weight excluding hydrogens is 281 g/mol. The van der Waals surface area contributed by atoms with Crippen molar-refractivity contribution in [1.82, 2.24) is 9.80 Å². The number of carbonyl (C=O) groups is 1. The third-order valence-electron chi connectivity index (χ3n) is 4.14. The smallest absolute Gasteiger partial charge is 0.257 e. The summed E-state index contributed by atoms with van der Waals surface area (Å²) in [5, 5.41) is 0. The molecule has 2 aliphatic rings. The number of benzene rings is 1. The fourth-order valence-corrected chi connectivity index (χ4v) is 2.66. The van der Waals surface area contributed by atoms with Crippen LogP contribution >= 0.6 is 0 Å². The predicted octanol–water partition coefficient (Wildman–Crippen LogP) is 2.27. The summed E-state index contributed by atoms with van der Waals surface area (Å²) in [7, 11) is 0. The van der Waals surface area contributed by atoms with Crippen molar-refractivity contribution >= 4 is 5.91 Å². The third kappa shape index (κ3) is 3.05. The Morgan fingerprint density at radius 2 is 1.71 bits per heavy atom.